The number of hydrogen-bond acceptors (Lipinski definition) is 7. The van der Waals surface area contributed by atoms with Gasteiger partial charge in [-0.3, -0.25) is 9.29 Å². The normalized spacial score (nSPS) is 15.8. The third kappa shape index (κ3) is 3.64. The number of nitrogens with zero attached hydrogens (tertiary/aromatic N) is 5. The van der Waals surface area contributed by atoms with E-state index < -0.39 is 10.0 Å². The summed E-state index contributed by atoms with van der Waals surface area (Å²) < 4.78 is 40.2. The molecule has 0 aliphatic carbocycles. The Hall–Kier alpha value is -3.60. The Labute approximate surface area is 183 Å². The Morgan fingerprint density at radius 2 is 2.03 bits per heavy atom. The lowest BCUT2D eigenvalue weighted by Gasteiger charge is -2.28. The standard InChI is InChI=1S/C21H19FN6O3S/c22-14-6-3-5-13(11-14)12-16-24-20(27-26-16)18-19(29)17-15(7-4-8-23-17)21(25-18)28-9-1-2-10-32(28,30)31/h3-8,11,29H,1-2,9-10,12H2,(H,24,26,27). The number of fused-ring (bicyclic) bond motifs is 1. The van der Waals surface area contributed by atoms with Crippen molar-refractivity contribution in [3.8, 4) is 17.3 Å². The fraction of sp³-hybridized carbons (Fsp3) is 0.238. The highest BCUT2D eigenvalue weighted by Gasteiger charge is 2.30. The molecular formula is C21H19FN6O3S. The van der Waals surface area contributed by atoms with Crippen molar-refractivity contribution in [3.05, 3.63) is 59.8 Å². The third-order valence-corrected chi connectivity index (χ3v) is 7.15. The van der Waals surface area contributed by atoms with Crippen molar-refractivity contribution in [3.63, 3.8) is 0 Å². The van der Waals surface area contributed by atoms with Gasteiger partial charge >= 0.3 is 0 Å². The van der Waals surface area contributed by atoms with E-state index in [2.05, 4.69) is 25.1 Å². The number of aromatic nitrogens is 5. The maximum absolute atomic E-state index is 13.5. The molecular weight excluding hydrogens is 435 g/mol. The zero-order chi connectivity index (χ0) is 22.3. The fourth-order valence-corrected chi connectivity index (χ4v) is 5.41. The highest BCUT2D eigenvalue weighted by atomic mass is 32.2. The molecule has 0 radical (unpaired) electrons. The number of sulfonamides is 1. The van der Waals surface area contributed by atoms with E-state index in [1.54, 1.807) is 24.3 Å². The van der Waals surface area contributed by atoms with Crippen LogP contribution in [0.4, 0.5) is 10.2 Å². The largest absolute Gasteiger partial charge is 0.504 e. The van der Waals surface area contributed by atoms with Crippen LogP contribution in [0, 0.1) is 5.82 Å². The van der Waals surface area contributed by atoms with Gasteiger partial charge in [0.25, 0.3) is 0 Å². The van der Waals surface area contributed by atoms with E-state index in [1.807, 2.05) is 0 Å². The van der Waals surface area contributed by atoms with Crippen LogP contribution in [0.5, 0.6) is 5.75 Å². The fourth-order valence-electron chi connectivity index (χ4n) is 3.81. The molecule has 1 aliphatic heterocycles. The van der Waals surface area contributed by atoms with Crippen LogP contribution in [0.25, 0.3) is 22.4 Å². The van der Waals surface area contributed by atoms with Crippen molar-refractivity contribution in [1.29, 1.82) is 0 Å². The molecule has 1 fully saturated rings. The zero-order valence-corrected chi connectivity index (χ0v) is 17.7. The summed E-state index contributed by atoms with van der Waals surface area (Å²) in [6, 6.07) is 9.46. The van der Waals surface area contributed by atoms with Gasteiger partial charge in [-0.1, -0.05) is 12.1 Å². The summed E-state index contributed by atoms with van der Waals surface area (Å²) in [6.07, 6.45) is 3.10. The van der Waals surface area contributed by atoms with E-state index in [9.17, 15) is 17.9 Å². The summed E-state index contributed by atoms with van der Waals surface area (Å²) in [4.78, 5) is 11.7. The Morgan fingerprint density at radius 3 is 2.84 bits per heavy atom. The third-order valence-electron chi connectivity index (χ3n) is 5.32. The van der Waals surface area contributed by atoms with E-state index in [0.29, 0.717) is 42.6 Å². The predicted octanol–water partition coefficient (Wildman–Crippen LogP) is 2.78. The highest BCUT2D eigenvalue weighted by molar-refractivity contribution is 7.92. The number of halogens is 1. The van der Waals surface area contributed by atoms with Gasteiger partial charge in [0.2, 0.25) is 10.0 Å². The smallest absolute Gasteiger partial charge is 0.236 e. The van der Waals surface area contributed by atoms with Crippen molar-refractivity contribution in [1.82, 2.24) is 25.1 Å². The first kappa shape index (κ1) is 20.3. The molecule has 32 heavy (non-hydrogen) atoms. The summed E-state index contributed by atoms with van der Waals surface area (Å²) in [7, 11) is -3.54. The average Bonchev–Trinajstić information content (AvgIpc) is 3.22. The molecule has 0 saturated carbocycles. The molecule has 164 valence electrons. The first-order valence-corrected chi connectivity index (χ1v) is 11.7. The number of rotatable bonds is 4. The van der Waals surface area contributed by atoms with Gasteiger partial charge in [-0.05, 0) is 42.7 Å². The first-order chi connectivity index (χ1) is 15.4. The van der Waals surface area contributed by atoms with E-state index >= 15 is 0 Å². The maximum Gasteiger partial charge on any atom is 0.236 e. The van der Waals surface area contributed by atoms with Crippen LogP contribution < -0.4 is 4.31 Å². The molecule has 1 aromatic carbocycles. The van der Waals surface area contributed by atoms with Gasteiger partial charge in [0, 0.05) is 24.5 Å². The number of hydrogen-bond donors (Lipinski definition) is 2. The highest BCUT2D eigenvalue weighted by Crippen LogP contribution is 2.38. The summed E-state index contributed by atoms with van der Waals surface area (Å²) >= 11 is 0. The number of benzene rings is 1. The molecule has 9 nitrogen and oxygen atoms in total. The van der Waals surface area contributed by atoms with Gasteiger partial charge in [0.1, 0.15) is 17.2 Å². The van der Waals surface area contributed by atoms with Crippen LogP contribution in [-0.4, -0.2) is 51.0 Å². The molecule has 11 heteroatoms. The topological polar surface area (TPSA) is 125 Å². The van der Waals surface area contributed by atoms with Crippen LogP contribution in [0.2, 0.25) is 0 Å². The van der Waals surface area contributed by atoms with Crippen LogP contribution in [0.1, 0.15) is 24.2 Å². The number of H-pyrrole nitrogens is 1. The summed E-state index contributed by atoms with van der Waals surface area (Å²) in [6.45, 7) is 0.296. The lowest BCUT2D eigenvalue weighted by molar-refractivity contribution is 0.479. The van der Waals surface area contributed by atoms with Gasteiger partial charge in [0.05, 0.1) is 5.75 Å². The quantitative estimate of drug-likeness (QED) is 0.486. The van der Waals surface area contributed by atoms with Crippen LogP contribution in [0.15, 0.2) is 42.6 Å². The minimum atomic E-state index is -3.54. The molecule has 0 unspecified atom stereocenters. The van der Waals surface area contributed by atoms with Crippen molar-refractivity contribution in [2.45, 2.75) is 19.3 Å². The van der Waals surface area contributed by atoms with Gasteiger partial charge in [0.15, 0.2) is 23.1 Å². The minimum Gasteiger partial charge on any atom is -0.504 e. The zero-order valence-electron chi connectivity index (χ0n) is 16.9. The predicted molar refractivity (Wildman–Crippen MR) is 116 cm³/mol. The Kier molecular flexibility index (Phi) is 4.97. The Bertz CT molecular complexity index is 1420. The second-order valence-corrected chi connectivity index (χ2v) is 9.57. The SMILES string of the molecule is O=S1(=O)CCCCN1c1nc(-c2nnc(Cc3cccc(F)c3)[nH]2)c(O)c2ncccc12. The molecule has 1 aliphatic rings. The molecule has 0 spiro atoms. The summed E-state index contributed by atoms with van der Waals surface area (Å²) in [5, 5.41) is 19.4. The van der Waals surface area contributed by atoms with Gasteiger partial charge < -0.3 is 10.1 Å². The molecule has 0 bridgehead atoms. The number of anilines is 1. The van der Waals surface area contributed by atoms with Crippen LogP contribution in [-0.2, 0) is 16.4 Å². The van der Waals surface area contributed by atoms with E-state index in [4.69, 9.17) is 0 Å². The van der Waals surface area contributed by atoms with E-state index in [1.165, 1.54) is 22.6 Å². The first-order valence-electron chi connectivity index (χ1n) is 10.1. The lowest BCUT2D eigenvalue weighted by Crippen LogP contribution is -2.38. The lowest BCUT2D eigenvalue weighted by atomic mass is 10.1. The molecule has 1 saturated heterocycles. The molecule has 4 heterocycles. The van der Waals surface area contributed by atoms with Crippen molar-refractivity contribution in [2.24, 2.45) is 0 Å². The maximum atomic E-state index is 13.5. The van der Waals surface area contributed by atoms with Crippen LogP contribution in [0.3, 0.4) is 0 Å². The summed E-state index contributed by atoms with van der Waals surface area (Å²) in [5.74, 6) is 0.259. The second-order valence-electron chi connectivity index (χ2n) is 7.55. The second kappa shape index (κ2) is 7.83. The van der Waals surface area contributed by atoms with Gasteiger partial charge in [-0.15, -0.1) is 10.2 Å². The molecule has 3 aromatic heterocycles. The van der Waals surface area contributed by atoms with E-state index in [0.717, 1.165) is 0 Å². The number of nitrogens with one attached hydrogen (secondary N) is 1. The summed E-state index contributed by atoms with van der Waals surface area (Å²) in [5.41, 5.74) is 0.964. The molecule has 0 atom stereocenters. The Morgan fingerprint density at radius 1 is 1.16 bits per heavy atom. The number of aromatic hydroxyl groups is 1. The molecule has 5 rings (SSSR count). The van der Waals surface area contributed by atoms with Crippen molar-refractivity contribution < 1.29 is 17.9 Å². The number of pyridine rings is 2. The Balaban J connectivity index is 1.61. The molecule has 2 N–H and O–H groups in total. The van der Waals surface area contributed by atoms with Gasteiger partial charge in [-0.2, -0.15) is 0 Å². The van der Waals surface area contributed by atoms with Crippen LogP contribution >= 0.6 is 0 Å². The van der Waals surface area contributed by atoms with Crippen molar-refractivity contribution in [2.75, 3.05) is 16.6 Å². The monoisotopic (exact) mass is 454 g/mol. The average molecular weight is 454 g/mol. The minimum absolute atomic E-state index is 0.0345. The molecule has 0 amide bonds. The van der Waals surface area contributed by atoms with Gasteiger partial charge in [-0.25, -0.2) is 17.8 Å². The number of aromatic amines is 1. The van der Waals surface area contributed by atoms with E-state index in [-0.39, 0.29) is 40.2 Å². The molecule has 4 aromatic rings. The van der Waals surface area contributed by atoms with Crippen molar-refractivity contribution >= 4 is 26.7 Å².